The van der Waals surface area contributed by atoms with Crippen molar-refractivity contribution in [3.63, 3.8) is 0 Å². The zero-order valence-electron chi connectivity index (χ0n) is 11.6. The molecular weight excluding hydrogens is 262 g/mol. The van der Waals surface area contributed by atoms with Gasteiger partial charge in [-0.15, -0.1) is 0 Å². The molecule has 4 N–H and O–H groups in total. The summed E-state index contributed by atoms with van der Waals surface area (Å²) < 4.78 is 0. The zero-order chi connectivity index (χ0) is 15.1. The highest BCUT2D eigenvalue weighted by atomic mass is 15.6. The van der Waals surface area contributed by atoms with Crippen LogP contribution in [-0.4, -0.2) is 11.5 Å². The van der Waals surface area contributed by atoms with E-state index in [4.69, 9.17) is 16.8 Å². The van der Waals surface area contributed by atoms with E-state index < -0.39 is 0 Å². The maximum Gasteiger partial charge on any atom is 0.107 e. The van der Waals surface area contributed by atoms with Gasteiger partial charge in [-0.2, -0.15) is 10.4 Å². The van der Waals surface area contributed by atoms with E-state index in [1.807, 2.05) is 42.5 Å². The van der Waals surface area contributed by atoms with Crippen molar-refractivity contribution in [3.05, 3.63) is 71.3 Å². The van der Waals surface area contributed by atoms with Crippen LogP contribution >= 0.6 is 0 Å². The van der Waals surface area contributed by atoms with Gasteiger partial charge in [0.25, 0.3) is 0 Å². The fraction of sp³-hybridized carbons (Fsp3) is 0.125. The van der Waals surface area contributed by atoms with E-state index in [9.17, 15) is 0 Å². The molecule has 0 bridgehead atoms. The third-order valence-corrected chi connectivity index (χ3v) is 3.22. The van der Waals surface area contributed by atoms with Gasteiger partial charge in [-0.05, 0) is 23.3 Å². The van der Waals surface area contributed by atoms with E-state index in [1.165, 1.54) is 11.5 Å². The lowest BCUT2D eigenvalue weighted by molar-refractivity contribution is 0.211. The van der Waals surface area contributed by atoms with Gasteiger partial charge < -0.3 is 5.73 Å². The number of nitrogens with zero attached hydrogens (tertiary/aromatic N) is 3. The molecule has 0 aliphatic rings. The Morgan fingerprint density at radius 1 is 1.14 bits per heavy atom. The molecule has 2 aromatic carbocycles. The molecule has 21 heavy (non-hydrogen) atoms. The van der Waals surface area contributed by atoms with Crippen LogP contribution in [0.15, 0.2) is 59.7 Å². The van der Waals surface area contributed by atoms with Crippen molar-refractivity contribution in [2.75, 3.05) is 0 Å². The summed E-state index contributed by atoms with van der Waals surface area (Å²) in [5, 5.41) is 14.2. The van der Waals surface area contributed by atoms with Crippen molar-refractivity contribution < 1.29 is 0 Å². The van der Waals surface area contributed by atoms with Gasteiger partial charge in [-0.1, -0.05) is 42.5 Å². The SMILES string of the molecule is N#Cc1ccc(C(Cc2ccccc2)N(N)/N=C\N)cc1. The fourth-order valence-corrected chi connectivity index (χ4v) is 2.14. The minimum atomic E-state index is -0.153. The lowest BCUT2D eigenvalue weighted by atomic mass is 9.98. The number of benzene rings is 2. The first-order chi connectivity index (χ1) is 10.2. The van der Waals surface area contributed by atoms with Crippen molar-refractivity contribution in [2.24, 2.45) is 16.7 Å². The van der Waals surface area contributed by atoms with Crippen molar-refractivity contribution >= 4 is 6.34 Å². The quantitative estimate of drug-likeness (QED) is 0.378. The Morgan fingerprint density at radius 2 is 1.81 bits per heavy atom. The van der Waals surface area contributed by atoms with Crippen molar-refractivity contribution in [2.45, 2.75) is 12.5 Å². The summed E-state index contributed by atoms with van der Waals surface area (Å²) >= 11 is 0. The van der Waals surface area contributed by atoms with Gasteiger partial charge in [0.1, 0.15) is 6.34 Å². The number of hydrazine groups is 1. The van der Waals surface area contributed by atoms with E-state index in [0.29, 0.717) is 12.0 Å². The van der Waals surface area contributed by atoms with Gasteiger partial charge >= 0.3 is 0 Å². The predicted octanol–water partition coefficient (Wildman–Crippen LogP) is 1.92. The summed E-state index contributed by atoms with van der Waals surface area (Å²) in [6.07, 6.45) is 1.86. The number of nitrogens with two attached hydrogens (primary N) is 2. The highest BCUT2D eigenvalue weighted by molar-refractivity contribution is 5.50. The average Bonchev–Trinajstić information content (AvgIpc) is 2.54. The fourth-order valence-electron chi connectivity index (χ4n) is 2.14. The average molecular weight is 279 g/mol. The molecule has 5 heteroatoms. The number of rotatable bonds is 5. The van der Waals surface area contributed by atoms with Crippen LogP contribution in [0.2, 0.25) is 0 Å². The summed E-state index contributed by atoms with van der Waals surface area (Å²) in [6.45, 7) is 0. The Labute approximate surface area is 124 Å². The summed E-state index contributed by atoms with van der Waals surface area (Å²) in [7, 11) is 0. The van der Waals surface area contributed by atoms with Crippen LogP contribution in [0, 0.1) is 11.3 Å². The topological polar surface area (TPSA) is 91.4 Å². The molecule has 106 valence electrons. The second kappa shape index (κ2) is 7.08. The summed E-state index contributed by atoms with van der Waals surface area (Å²) in [6, 6.07) is 19.3. The Kier molecular flexibility index (Phi) is 4.91. The molecule has 2 aromatic rings. The second-order valence-corrected chi connectivity index (χ2v) is 4.58. The largest absolute Gasteiger partial charge is 0.388 e. The van der Waals surface area contributed by atoms with Gasteiger partial charge in [-0.25, -0.2) is 11.0 Å². The first kappa shape index (κ1) is 14.6. The molecular formula is C16H17N5. The van der Waals surface area contributed by atoms with Gasteiger partial charge in [0.15, 0.2) is 0 Å². The van der Waals surface area contributed by atoms with E-state index in [1.54, 1.807) is 12.1 Å². The first-order valence-electron chi connectivity index (χ1n) is 6.56. The molecule has 0 heterocycles. The van der Waals surface area contributed by atoms with Gasteiger partial charge in [-0.3, -0.25) is 0 Å². The Morgan fingerprint density at radius 3 is 2.38 bits per heavy atom. The predicted molar refractivity (Wildman–Crippen MR) is 82.7 cm³/mol. The number of hydrazone groups is 1. The highest BCUT2D eigenvalue weighted by Gasteiger charge is 2.17. The van der Waals surface area contributed by atoms with Crippen LogP contribution in [0.4, 0.5) is 0 Å². The molecule has 0 amide bonds. The third kappa shape index (κ3) is 3.81. The molecule has 0 spiro atoms. The summed E-state index contributed by atoms with van der Waals surface area (Å²) in [5.74, 6) is 5.97. The molecule has 0 aliphatic carbocycles. The molecule has 0 radical (unpaired) electrons. The number of nitriles is 1. The van der Waals surface area contributed by atoms with Crippen LogP contribution in [0.25, 0.3) is 0 Å². The minimum Gasteiger partial charge on any atom is -0.388 e. The van der Waals surface area contributed by atoms with E-state index in [-0.39, 0.29) is 6.04 Å². The Hall–Kier alpha value is -2.84. The molecule has 2 rings (SSSR count). The van der Waals surface area contributed by atoms with Crippen LogP contribution < -0.4 is 11.6 Å². The van der Waals surface area contributed by atoms with Crippen LogP contribution in [-0.2, 0) is 6.42 Å². The Balaban J connectivity index is 2.29. The van der Waals surface area contributed by atoms with E-state index >= 15 is 0 Å². The molecule has 1 atom stereocenters. The van der Waals surface area contributed by atoms with Gasteiger partial charge in [0.2, 0.25) is 0 Å². The monoisotopic (exact) mass is 279 g/mol. The molecule has 5 nitrogen and oxygen atoms in total. The van der Waals surface area contributed by atoms with E-state index in [2.05, 4.69) is 11.2 Å². The van der Waals surface area contributed by atoms with Crippen molar-refractivity contribution in [3.8, 4) is 6.07 Å². The van der Waals surface area contributed by atoms with Gasteiger partial charge in [0.05, 0.1) is 17.7 Å². The lowest BCUT2D eigenvalue weighted by Crippen LogP contribution is -2.32. The molecule has 0 fully saturated rings. The highest BCUT2D eigenvalue weighted by Crippen LogP contribution is 2.23. The molecule has 0 aliphatic heterocycles. The number of hydrogen-bond donors (Lipinski definition) is 2. The maximum absolute atomic E-state index is 8.87. The van der Waals surface area contributed by atoms with Gasteiger partial charge in [0, 0.05) is 6.42 Å². The second-order valence-electron chi connectivity index (χ2n) is 4.58. The van der Waals surface area contributed by atoms with Crippen LogP contribution in [0.5, 0.6) is 0 Å². The maximum atomic E-state index is 8.87. The first-order valence-corrected chi connectivity index (χ1v) is 6.56. The molecule has 0 saturated heterocycles. The lowest BCUT2D eigenvalue weighted by Gasteiger charge is -2.25. The molecule has 0 saturated carbocycles. The standard InChI is InChI=1S/C16H17N5/c17-11-14-6-8-15(9-7-14)16(21(19)20-12-18)10-13-4-2-1-3-5-13/h1-9,12,16H,10,19H2,(H2,18,20). The molecule has 0 aromatic heterocycles. The van der Waals surface area contributed by atoms with Crippen molar-refractivity contribution in [1.29, 1.82) is 5.26 Å². The summed E-state index contributed by atoms with van der Waals surface area (Å²) in [4.78, 5) is 0. The summed E-state index contributed by atoms with van der Waals surface area (Å²) in [5.41, 5.74) is 8.07. The normalized spacial score (nSPS) is 12.0. The minimum absolute atomic E-state index is 0.153. The number of hydrogen-bond acceptors (Lipinski definition) is 4. The molecule has 1 unspecified atom stereocenters. The Bertz CT molecular complexity index is 628. The van der Waals surface area contributed by atoms with E-state index in [0.717, 1.165) is 11.1 Å². The third-order valence-electron chi connectivity index (χ3n) is 3.22. The van der Waals surface area contributed by atoms with Crippen molar-refractivity contribution in [1.82, 2.24) is 5.12 Å². The van der Waals surface area contributed by atoms with Crippen LogP contribution in [0.1, 0.15) is 22.7 Å². The smallest absolute Gasteiger partial charge is 0.107 e. The zero-order valence-corrected chi connectivity index (χ0v) is 11.6. The van der Waals surface area contributed by atoms with Crippen LogP contribution in [0.3, 0.4) is 0 Å².